The minimum Gasteiger partial charge on any atom is -0.495 e. The van der Waals surface area contributed by atoms with Gasteiger partial charge < -0.3 is 28.4 Å². The van der Waals surface area contributed by atoms with E-state index in [1.165, 1.54) is 28.4 Å². The minimum absolute atomic E-state index is 0.244. The van der Waals surface area contributed by atoms with E-state index in [9.17, 15) is 9.59 Å². The largest absolute Gasteiger partial charge is 0.495 e. The van der Waals surface area contributed by atoms with Gasteiger partial charge in [-0.15, -0.1) is 0 Å². The third-order valence-corrected chi connectivity index (χ3v) is 7.82. The summed E-state index contributed by atoms with van der Waals surface area (Å²) in [6.07, 6.45) is -0.669. The summed E-state index contributed by atoms with van der Waals surface area (Å²) in [5.41, 5.74) is 2.53. The molecular formula is C28H26Br2O8. The summed E-state index contributed by atoms with van der Waals surface area (Å²) < 4.78 is 34.4. The third kappa shape index (κ3) is 5.76. The van der Waals surface area contributed by atoms with Gasteiger partial charge >= 0.3 is 11.9 Å². The van der Waals surface area contributed by atoms with Crippen molar-refractivity contribution in [1.82, 2.24) is 0 Å². The van der Waals surface area contributed by atoms with Crippen LogP contribution in [0, 0.1) is 0 Å². The Morgan fingerprint density at radius 1 is 0.632 bits per heavy atom. The van der Waals surface area contributed by atoms with E-state index >= 15 is 0 Å². The summed E-state index contributed by atoms with van der Waals surface area (Å²) in [6, 6.07) is 14.1. The van der Waals surface area contributed by atoms with Gasteiger partial charge in [0, 0.05) is 12.8 Å². The van der Waals surface area contributed by atoms with E-state index in [4.69, 9.17) is 28.4 Å². The zero-order valence-corrected chi connectivity index (χ0v) is 24.4. The van der Waals surface area contributed by atoms with Gasteiger partial charge in [0.05, 0.1) is 39.6 Å². The first kappa shape index (κ1) is 27.8. The van der Waals surface area contributed by atoms with Crippen LogP contribution in [0.25, 0.3) is 0 Å². The van der Waals surface area contributed by atoms with E-state index in [1.807, 2.05) is 24.3 Å². The Hall–Kier alpha value is -3.24. The number of rotatable bonds is 8. The standard InChI is InChI=1S/C28H26Br2O8/c1-33-21-11-17(12-22(34-2)25(21)29)27(31)37-19-9-15-7-5-6-8-16(15)10-20(19)38-28(32)18-13-23(35-3)26(30)24(14-18)36-4/h5-8,11-14,19-20H,9-10H2,1-4H3/t19-,20+. The highest BCUT2D eigenvalue weighted by molar-refractivity contribution is 9.11. The van der Waals surface area contributed by atoms with Crippen LogP contribution in [0.2, 0.25) is 0 Å². The first-order chi connectivity index (χ1) is 18.3. The molecule has 38 heavy (non-hydrogen) atoms. The summed E-state index contributed by atoms with van der Waals surface area (Å²) in [7, 11) is 5.98. The van der Waals surface area contributed by atoms with Gasteiger partial charge in [0.15, 0.2) is 0 Å². The molecule has 0 unspecified atom stereocenters. The quantitative estimate of drug-likeness (QED) is 0.283. The molecule has 1 aliphatic carbocycles. The predicted molar refractivity (Wildman–Crippen MR) is 147 cm³/mol. The van der Waals surface area contributed by atoms with Gasteiger partial charge in [0.2, 0.25) is 0 Å². The molecule has 4 rings (SSSR count). The van der Waals surface area contributed by atoms with Crippen molar-refractivity contribution in [3.8, 4) is 23.0 Å². The molecule has 1 aliphatic rings. The van der Waals surface area contributed by atoms with Crippen LogP contribution in [0.4, 0.5) is 0 Å². The van der Waals surface area contributed by atoms with Crippen LogP contribution in [-0.2, 0) is 22.3 Å². The number of esters is 2. The van der Waals surface area contributed by atoms with Crippen molar-refractivity contribution in [1.29, 1.82) is 0 Å². The molecule has 3 aromatic carbocycles. The number of carbonyl (C=O) groups is 2. The Morgan fingerprint density at radius 2 is 0.947 bits per heavy atom. The Bertz CT molecular complexity index is 1200. The minimum atomic E-state index is -0.721. The van der Waals surface area contributed by atoms with Crippen LogP contribution in [0.15, 0.2) is 57.5 Å². The van der Waals surface area contributed by atoms with E-state index in [-0.39, 0.29) is 11.1 Å². The molecular weight excluding hydrogens is 624 g/mol. The Kier molecular flexibility index (Phi) is 8.83. The molecule has 2 atom stereocenters. The molecule has 0 radical (unpaired) electrons. The smallest absolute Gasteiger partial charge is 0.338 e. The molecule has 0 aliphatic heterocycles. The van der Waals surface area contributed by atoms with Crippen molar-refractivity contribution in [3.05, 3.63) is 79.7 Å². The molecule has 200 valence electrons. The van der Waals surface area contributed by atoms with E-state index in [0.29, 0.717) is 44.8 Å². The van der Waals surface area contributed by atoms with Crippen LogP contribution < -0.4 is 18.9 Å². The van der Waals surface area contributed by atoms with Crippen LogP contribution in [-0.4, -0.2) is 52.6 Å². The highest BCUT2D eigenvalue weighted by atomic mass is 79.9. The summed E-state index contributed by atoms with van der Waals surface area (Å²) in [5, 5.41) is 0. The van der Waals surface area contributed by atoms with Crippen molar-refractivity contribution >= 4 is 43.8 Å². The SMILES string of the molecule is COc1cc(C(=O)O[C@H]2Cc3ccccc3C[C@H]2OC(=O)c2cc(OC)c(Br)c(OC)c2)cc(OC)c1Br. The Morgan fingerprint density at radius 3 is 1.24 bits per heavy atom. The average Bonchev–Trinajstić information content (AvgIpc) is 2.93. The van der Waals surface area contributed by atoms with Gasteiger partial charge in [-0.25, -0.2) is 9.59 Å². The lowest BCUT2D eigenvalue weighted by molar-refractivity contribution is -0.0389. The van der Waals surface area contributed by atoms with Crippen molar-refractivity contribution in [2.24, 2.45) is 0 Å². The van der Waals surface area contributed by atoms with E-state index in [1.54, 1.807) is 24.3 Å². The van der Waals surface area contributed by atoms with Gasteiger partial charge in [-0.3, -0.25) is 0 Å². The number of hydrogen-bond acceptors (Lipinski definition) is 8. The lowest BCUT2D eigenvalue weighted by atomic mass is 9.87. The first-order valence-corrected chi connectivity index (χ1v) is 13.2. The molecule has 0 fully saturated rings. The van der Waals surface area contributed by atoms with E-state index in [0.717, 1.165) is 11.1 Å². The third-order valence-electron chi connectivity index (χ3n) is 6.25. The fourth-order valence-electron chi connectivity index (χ4n) is 4.27. The molecule has 0 heterocycles. The topological polar surface area (TPSA) is 89.5 Å². The van der Waals surface area contributed by atoms with Gasteiger partial charge in [0.25, 0.3) is 0 Å². The molecule has 0 saturated heterocycles. The van der Waals surface area contributed by atoms with Gasteiger partial charge in [0.1, 0.15) is 44.2 Å². The highest BCUT2D eigenvalue weighted by Gasteiger charge is 2.35. The number of hydrogen-bond donors (Lipinski definition) is 0. The van der Waals surface area contributed by atoms with E-state index in [2.05, 4.69) is 31.9 Å². The van der Waals surface area contributed by atoms with Crippen molar-refractivity contribution < 1.29 is 38.0 Å². The summed E-state index contributed by atoms with van der Waals surface area (Å²) in [4.78, 5) is 26.5. The molecule has 3 aromatic rings. The number of ether oxygens (including phenoxy) is 6. The van der Waals surface area contributed by atoms with Crippen LogP contribution in [0.5, 0.6) is 23.0 Å². The van der Waals surface area contributed by atoms with Crippen molar-refractivity contribution in [2.45, 2.75) is 25.0 Å². The summed E-state index contributed by atoms with van der Waals surface area (Å²) in [5.74, 6) is 0.508. The zero-order chi connectivity index (χ0) is 27.4. The molecule has 0 aromatic heterocycles. The van der Waals surface area contributed by atoms with Crippen LogP contribution in [0.3, 0.4) is 0 Å². The van der Waals surface area contributed by atoms with Gasteiger partial charge in [-0.1, -0.05) is 24.3 Å². The normalized spacial score (nSPS) is 16.2. The maximum absolute atomic E-state index is 13.3. The predicted octanol–water partition coefficient (Wildman–Crippen LogP) is 5.80. The first-order valence-electron chi connectivity index (χ1n) is 11.6. The number of carbonyl (C=O) groups excluding carboxylic acids is 2. The van der Waals surface area contributed by atoms with Crippen molar-refractivity contribution in [2.75, 3.05) is 28.4 Å². The summed E-state index contributed by atoms with van der Waals surface area (Å²) >= 11 is 6.81. The Labute approximate surface area is 237 Å². The van der Waals surface area contributed by atoms with Crippen LogP contribution >= 0.6 is 31.9 Å². The lowest BCUT2D eigenvalue weighted by Gasteiger charge is -2.32. The number of benzene rings is 3. The lowest BCUT2D eigenvalue weighted by Crippen LogP contribution is -2.41. The summed E-state index contributed by atoms with van der Waals surface area (Å²) in [6.45, 7) is 0. The molecule has 0 spiro atoms. The highest BCUT2D eigenvalue weighted by Crippen LogP contribution is 2.38. The average molecular weight is 650 g/mol. The van der Waals surface area contributed by atoms with Gasteiger partial charge in [-0.2, -0.15) is 0 Å². The second-order valence-corrected chi connectivity index (χ2v) is 10.0. The molecule has 0 amide bonds. The Balaban J connectivity index is 1.62. The van der Waals surface area contributed by atoms with Crippen LogP contribution in [0.1, 0.15) is 31.8 Å². The van der Waals surface area contributed by atoms with E-state index < -0.39 is 24.1 Å². The second-order valence-electron chi connectivity index (χ2n) is 8.45. The fourth-order valence-corrected chi connectivity index (χ4v) is 5.38. The second kappa shape index (κ2) is 12.1. The number of methoxy groups -OCH3 is 4. The molecule has 10 heteroatoms. The molecule has 8 nitrogen and oxygen atoms in total. The molecule has 0 bridgehead atoms. The maximum atomic E-state index is 13.3. The van der Waals surface area contributed by atoms with Crippen molar-refractivity contribution in [3.63, 3.8) is 0 Å². The number of fused-ring (bicyclic) bond motifs is 1. The fraction of sp³-hybridized carbons (Fsp3) is 0.286. The number of halogens is 2. The zero-order valence-electron chi connectivity index (χ0n) is 21.2. The molecule has 0 N–H and O–H groups in total. The monoisotopic (exact) mass is 648 g/mol. The maximum Gasteiger partial charge on any atom is 0.338 e. The molecule has 0 saturated carbocycles. The van der Waals surface area contributed by atoms with Gasteiger partial charge in [-0.05, 0) is 67.3 Å².